The highest BCUT2D eigenvalue weighted by Gasteiger charge is 2.12. The SMILES string of the molecule is COc1cc(/C(N)=N/OCCOc2ccc(C#N)cc2)ccc1OC(F)F. The minimum absolute atomic E-state index is 0.0373. The third kappa shape index (κ3) is 6.04. The minimum atomic E-state index is -2.96. The van der Waals surface area contributed by atoms with Gasteiger partial charge in [-0.15, -0.1) is 0 Å². The van der Waals surface area contributed by atoms with Gasteiger partial charge in [0.1, 0.15) is 12.4 Å². The summed E-state index contributed by atoms with van der Waals surface area (Å²) in [5.41, 5.74) is 6.76. The van der Waals surface area contributed by atoms with Crippen LogP contribution in [0.2, 0.25) is 0 Å². The number of nitrogens with two attached hydrogens (primary N) is 1. The lowest BCUT2D eigenvalue weighted by Gasteiger charge is -2.11. The zero-order valence-electron chi connectivity index (χ0n) is 14.4. The van der Waals surface area contributed by atoms with Gasteiger partial charge in [0, 0.05) is 5.56 Å². The standard InChI is InChI=1S/C18H17F2N3O4/c1-24-16-10-13(4-7-15(16)27-18(19)20)17(22)23-26-9-8-25-14-5-2-12(11-21)3-6-14/h2-7,10,18H,8-9H2,1H3,(H2,22,23). The van der Waals surface area contributed by atoms with Gasteiger partial charge in [0.25, 0.3) is 0 Å². The van der Waals surface area contributed by atoms with E-state index in [-0.39, 0.29) is 30.5 Å². The molecule has 0 aliphatic heterocycles. The zero-order valence-corrected chi connectivity index (χ0v) is 14.4. The predicted molar refractivity (Wildman–Crippen MR) is 93.0 cm³/mol. The topological polar surface area (TPSA) is 99.1 Å². The lowest BCUT2D eigenvalue weighted by Crippen LogP contribution is -2.15. The van der Waals surface area contributed by atoms with Crippen molar-refractivity contribution in [2.45, 2.75) is 6.61 Å². The maximum Gasteiger partial charge on any atom is 0.387 e. The number of rotatable bonds is 9. The molecule has 0 unspecified atom stereocenters. The van der Waals surface area contributed by atoms with Gasteiger partial charge in [-0.05, 0) is 42.5 Å². The van der Waals surface area contributed by atoms with Crippen LogP contribution in [0.5, 0.6) is 17.2 Å². The van der Waals surface area contributed by atoms with Gasteiger partial charge in [-0.25, -0.2) is 0 Å². The zero-order chi connectivity index (χ0) is 19.6. The van der Waals surface area contributed by atoms with Crippen molar-refractivity contribution in [2.24, 2.45) is 10.9 Å². The number of methoxy groups -OCH3 is 1. The van der Waals surface area contributed by atoms with E-state index >= 15 is 0 Å². The Morgan fingerprint density at radius 1 is 1.15 bits per heavy atom. The van der Waals surface area contributed by atoms with Gasteiger partial charge in [0.2, 0.25) is 0 Å². The summed E-state index contributed by atoms with van der Waals surface area (Å²) >= 11 is 0. The first kappa shape index (κ1) is 19.8. The number of amidine groups is 1. The summed E-state index contributed by atoms with van der Waals surface area (Å²) in [6.45, 7) is -2.62. The molecular formula is C18H17F2N3O4. The molecule has 27 heavy (non-hydrogen) atoms. The highest BCUT2D eigenvalue weighted by molar-refractivity contribution is 5.97. The van der Waals surface area contributed by atoms with Crippen molar-refractivity contribution >= 4 is 5.84 Å². The molecule has 2 rings (SSSR count). The predicted octanol–water partition coefficient (Wildman–Crippen LogP) is 2.88. The van der Waals surface area contributed by atoms with E-state index in [1.54, 1.807) is 24.3 Å². The monoisotopic (exact) mass is 377 g/mol. The van der Waals surface area contributed by atoms with E-state index in [1.165, 1.54) is 25.3 Å². The molecule has 0 amide bonds. The summed E-state index contributed by atoms with van der Waals surface area (Å²) in [5, 5.41) is 12.5. The van der Waals surface area contributed by atoms with Gasteiger partial charge in [0.05, 0.1) is 18.7 Å². The number of alkyl halides is 2. The van der Waals surface area contributed by atoms with Crippen LogP contribution in [0.25, 0.3) is 0 Å². The summed E-state index contributed by atoms with van der Waals surface area (Å²) < 4.78 is 39.4. The molecule has 7 nitrogen and oxygen atoms in total. The Balaban J connectivity index is 1.86. The Morgan fingerprint density at radius 2 is 1.89 bits per heavy atom. The highest BCUT2D eigenvalue weighted by atomic mass is 19.3. The van der Waals surface area contributed by atoms with Gasteiger partial charge in [-0.3, -0.25) is 0 Å². The summed E-state index contributed by atoms with van der Waals surface area (Å²) in [4.78, 5) is 5.08. The molecule has 0 spiro atoms. The smallest absolute Gasteiger partial charge is 0.387 e. The van der Waals surface area contributed by atoms with E-state index in [1.807, 2.05) is 6.07 Å². The van der Waals surface area contributed by atoms with Gasteiger partial charge in [-0.2, -0.15) is 14.0 Å². The molecular weight excluding hydrogens is 360 g/mol. The Morgan fingerprint density at radius 3 is 2.52 bits per heavy atom. The first-order valence-electron chi connectivity index (χ1n) is 7.75. The van der Waals surface area contributed by atoms with Crippen LogP contribution in [0.3, 0.4) is 0 Å². The van der Waals surface area contributed by atoms with E-state index < -0.39 is 6.61 Å². The van der Waals surface area contributed by atoms with Crippen molar-refractivity contribution in [2.75, 3.05) is 20.3 Å². The van der Waals surface area contributed by atoms with Crippen molar-refractivity contribution in [1.29, 1.82) is 5.26 Å². The number of benzene rings is 2. The van der Waals surface area contributed by atoms with Crippen LogP contribution in [0.15, 0.2) is 47.6 Å². The Bertz CT molecular complexity index is 820. The third-order valence-corrected chi connectivity index (χ3v) is 3.27. The molecule has 0 bridgehead atoms. The van der Waals surface area contributed by atoms with E-state index in [2.05, 4.69) is 9.89 Å². The van der Waals surface area contributed by atoms with Crippen molar-refractivity contribution in [3.05, 3.63) is 53.6 Å². The molecule has 142 valence electrons. The fourth-order valence-electron chi connectivity index (χ4n) is 2.01. The van der Waals surface area contributed by atoms with Gasteiger partial charge >= 0.3 is 6.61 Å². The van der Waals surface area contributed by atoms with Crippen molar-refractivity contribution in [3.8, 4) is 23.3 Å². The quantitative estimate of drug-likeness (QED) is 0.312. The van der Waals surface area contributed by atoms with Crippen LogP contribution in [0.1, 0.15) is 11.1 Å². The molecule has 9 heteroatoms. The largest absolute Gasteiger partial charge is 0.493 e. The molecule has 0 aromatic heterocycles. The second-order valence-corrected chi connectivity index (χ2v) is 5.04. The van der Waals surface area contributed by atoms with Crippen molar-refractivity contribution < 1.29 is 27.8 Å². The minimum Gasteiger partial charge on any atom is -0.493 e. The lowest BCUT2D eigenvalue weighted by molar-refractivity contribution is -0.0512. The first-order chi connectivity index (χ1) is 13.0. The fourth-order valence-corrected chi connectivity index (χ4v) is 2.01. The average Bonchev–Trinajstić information content (AvgIpc) is 2.68. The molecule has 2 N–H and O–H groups in total. The summed E-state index contributed by atoms with van der Waals surface area (Å²) in [6, 6.07) is 12.8. The molecule has 0 aliphatic carbocycles. The number of nitrogens with zero attached hydrogens (tertiary/aromatic N) is 2. The van der Waals surface area contributed by atoms with Crippen LogP contribution in [-0.4, -0.2) is 32.8 Å². The Hall–Kier alpha value is -3.54. The Labute approximate surface area is 154 Å². The molecule has 0 atom stereocenters. The number of oxime groups is 1. The number of hydrogen-bond acceptors (Lipinski definition) is 6. The maximum atomic E-state index is 12.3. The third-order valence-electron chi connectivity index (χ3n) is 3.27. The molecule has 0 saturated heterocycles. The normalized spacial score (nSPS) is 11.0. The van der Waals surface area contributed by atoms with Crippen LogP contribution in [0, 0.1) is 11.3 Å². The summed E-state index contributed by atoms with van der Waals surface area (Å²) in [7, 11) is 1.32. The van der Waals surface area contributed by atoms with Gasteiger partial charge < -0.3 is 24.8 Å². The maximum absolute atomic E-state index is 12.3. The molecule has 2 aromatic rings. The lowest BCUT2D eigenvalue weighted by atomic mass is 10.2. The molecule has 0 saturated carbocycles. The molecule has 0 radical (unpaired) electrons. The van der Waals surface area contributed by atoms with Crippen LogP contribution < -0.4 is 19.9 Å². The molecule has 0 aliphatic rings. The highest BCUT2D eigenvalue weighted by Crippen LogP contribution is 2.29. The van der Waals surface area contributed by atoms with E-state index in [9.17, 15) is 8.78 Å². The number of nitriles is 1. The molecule has 2 aromatic carbocycles. The molecule has 0 fully saturated rings. The van der Waals surface area contributed by atoms with E-state index in [0.717, 1.165) is 0 Å². The van der Waals surface area contributed by atoms with E-state index in [0.29, 0.717) is 16.9 Å². The van der Waals surface area contributed by atoms with Crippen molar-refractivity contribution in [3.63, 3.8) is 0 Å². The molecule has 0 heterocycles. The Kier molecular flexibility index (Phi) is 7.19. The van der Waals surface area contributed by atoms with Crippen molar-refractivity contribution in [1.82, 2.24) is 0 Å². The summed E-state index contributed by atoms with van der Waals surface area (Å²) in [6.07, 6.45) is 0. The number of ether oxygens (including phenoxy) is 3. The first-order valence-corrected chi connectivity index (χ1v) is 7.75. The van der Waals surface area contributed by atoms with E-state index in [4.69, 9.17) is 25.3 Å². The average molecular weight is 377 g/mol. The fraction of sp³-hybridized carbons (Fsp3) is 0.222. The van der Waals surface area contributed by atoms with Crippen LogP contribution >= 0.6 is 0 Å². The number of hydrogen-bond donors (Lipinski definition) is 1. The second-order valence-electron chi connectivity index (χ2n) is 5.04. The van der Waals surface area contributed by atoms with Gasteiger partial charge in [0.15, 0.2) is 23.9 Å². The summed E-state index contributed by atoms with van der Waals surface area (Å²) in [5.74, 6) is 0.611. The van der Waals surface area contributed by atoms with Crippen LogP contribution in [-0.2, 0) is 4.84 Å². The number of halogens is 2. The van der Waals surface area contributed by atoms with Gasteiger partial charge in [-0.1, -0.05) is 5.16 Å². The van der Waals surface area contributed by atoms with Crippen LogP contribution in [0.4, 0.5) is 8.78 Å². The second kappa shape index (κ2) is 9.82.